The van der Waals surface area contributed by atoms with E-state index in [9.17, 15) is 0 Å². The molecule has 0 spiro atoms. The molecule has 0 saturated heterocycles. The average molecular weight is 170 g/mol. The quantitative estimate of drug-likeness (QED) is 0.603. The Hall–Kier alpha value is -1.04. The summed E-state index contributed by atoms with van der Waals surface area (Å²) in [5.41, 5.74) is 4.53. The van der Waals surface area contributed by atoms with Gasteiger partial charge in [0.15, 0.2) is 0 Å². The second-order valence-electron chi connectivity index (χ2n) is 4.30. The number of hydrogen-bond acceptors (Lipinski definition) is 0. The summed E-state index contributed by atoms with van der Waals surface area (Å²) in [6.45, 7) is 3.82. The molecule has 2 aliphatic carbocycles. The first-order valence-electron chi connectivity index (χ1n) is 5.15. The Bertz CT molecular complexity index is 362. The molecule has 0 heteroatoms. The van der Waals surface area contributed by atoms with Gasteiger partial charge in [-0.2, -0.15) is 0 Å². The van der Waals surface area contributed by atoms with Gasteiger partial charge >= 0.3 is 0 Å². The first kappa shape index (κ1) is 7.37. The molecule has 2 aliphatic rings. The van der Waals surface area contributed by atoms with Crippen molar-refractivity contribution < 1.29 is 0 Å². The van der Waals surface area contributed by atoms with E-state index in [1.54, 1.807) is 11.1 Å². The summed E-state index contributed by atoms with van der Waals surface area (Å²) >= 11 is 0. The van der Waals surface area contributed by atoms with E-state index >= 15 is 0 Å². The summed E-state index contributed by atoms with van der Waals surface area (Å²) in [4.78, 5) is 0. The average Bonchev–Trinajstić information content (AvgIpc) is 2.77. The van der Waals surface area contributed by atoms with E-state index in [1.165, 1.54) is 24.8 Å². The predicted molar refractivity (Wildman–Crippen MR) is 55.9 cm³/mol. The maximum absolute atomic E-state index is 3.82. The zero-order chi connectivity index (χ0) is 8.84. The minimum Gasteiger partial charge on any atom is -0.0985 e. The third-order valence-corrected chi connectivity index (χ3v) is 3.66. The summed E-state index contributed by atoms with van der Waals surface area (Å²) in [6, 6.07) is 6.86. The molecule has 2 atom stereocenters. The molecule has 0 unspecified atom stereocenters. The third kappa shape index (κ3) is 0.918. The Labute approximate surface area is 79.3 Å². The van der Waals surface area contributed by atoms with Crippen molar-refractivity contribution in [2.45, 2.75) is 31.1 Å². The second kappa shape index (κ2) is 2.47. The molecule has 0 heterocycles. The van der Waals surface area contributed by atoms with Gasteiger partial charge in [-0.3, -0.25) is 0 Å². The van der Waals surface area contributed by atoms with E-state index in [0.29, 0.717) is 0 Å². The largest absolute Gasteiger partial charge is 0.0985 e. The smallest absolute Gasteiger partial charge is 0.0153 e. The lowest BCUT2D eigenvalue weighted by Crippen LogP contribution is -1.97. The van der Waals surface area contributed by atoms with Gasteiger partial charge in [-0.25, -0.2) is 0 Å². The van der Waals surface area contributed by atoms with E-state index in [0.717, 1.165) is 11.8 Å². The van der Waals surface area contributed by atoms with Crippen molar-refractivity contribution in [3.63, 3.8) is 0 Å². The van der Waals surface area contributed by atoms with Gasteiger partial charge < -0.3 is 0 Å². The van der Waals surface area contributed by atoms with E-state index in [-0.39, 0.29) is 0 Å². The first-order valence-corrected chi connectivity index (χ1v) is 5.15. The molecule has 1 saturated carbocycles. The topological polar surface area (TPSA) is 0 Å². The van der Waals surface area contributed by atoms with Gasteiger partial charge in [0.25, 0.3) is 0 Å². The van der Waals surface area contributed by atoms with Crippen LogP contribution in [0.15, 0.2) is 24.8 Å². The van der Waals surface area contributed by atoms with E-state index in [1.807, 2.05) is 6.08 Å². The molecule has 13 heavy (non-hydrogen) atoms. The Kier molecular flexibility index (Phi) is 1.40. The van der Waals surface area contributed by atoms with Crippen molar-refractivity contribution in [2.75, 3.05) is 0 Å². The van der Waals surface area contributed by atoms with Gasteiger partial charge in [-0.15, -0.1) is 0 Å². The van der Waals surface area contributed by atoms with Crippen LogP contribution in [0.2, 0.25) is 0 Å². The predicted octanol–water partition coefficient (Wildman–Crippen LogP) is 3.69. The summed E-state index contributed by atoms with van der Waals surface area (Å²) in [6.07, 6.45) is 6.20. The van der Waals surface area contributed by atoms with Crippen molar-refractivity contribution in [3.8, 4) is 0 Å². The van der Waals surface area contributed by atoms with Crippen molar-refractivity contribution in [2.24, 2.45) is 0 Å². The Balaban J connectivity index is 2.16. The molecule has 0 aliphatic heterocycles. The molecule has 0 nitrogen and oxygen atoms in total. The fourth-order valence-electron chi connectivity index (χ4n) is 2.99. The van der Waals surface area contributed by atoms with E-state index in [4.69, 9.17) is 0 Å². The minimum absolute atomic E-state index is 0.875. The van der Waals surface area contributed by atoms with Gasteiger partial charge in [-0.1, -0.05) is 30.9 Å². The summed E-state index contributed by atoms with van der Waals surface area (Å²) < 4.78 is 0. The van der Waals surface area contributed by atoms with E-state index in [2.05, 4.69) is 24.8 Å². The molecule has 0 aromatic heterocycles. The van der Waals surface area contributed by atoms with Gasteiger partial charge in [-0.05, 0) is 47.8 Å². The lowest BCUT2D eigenvalue weighted by atomic mass is 9.90. The minimum atomic E-state index is 0.875. The van der Waals surface area contributed by atoms with Crippen LogP contribution in [0.1, 0.15) is 47.8 Å². The monoisotopic (exact) mass is 170 g/mol. The van der Waals surface area contributed by atoms with Gasteiger partial charge in [0.1, 0.15) is 0 Å². The lowest BCUT2D eigenvalue weighted by Gasteiger charge is -2.14. The van der Waals surface area contributed by atoms with Crippen LogP contribution < -0.4 is 0 Å². The highest BCUT2D eigenvalue weighted by Gasteiger charge is 2.36. The van der Waals surface area contributed by atoms with Crippen molar-refractivity contribution in [1.29, 1.82) is 0 Å². The van der Waals surface area contributed by atoms with Crippen LogP contribution in [-0.2, 0) is 0 Å². The Morgan fingerprint density at radius 3 is 2.69 bits per heavy atom. The molecular formula is C13H14. The van der Waals surface area contributed by atoms with Crippen molar-refractivity contribution >= 4 is 6.08 Å². The number of benzene rings is 1. The molecule has 3 rings (SSSR count). The van der Waals surface area contributed by atoms with Crippen LogP contribution in [0.3, 0.4) is 0 Å². The van der Waals surface area contributed by atoms with Gasteiger partial charge in [0, 0.05) is 0 Å². The zero-order valence-corrected chi connectivity index (χ0v) is 7.79. The molecule has 1 aromatic rings. The third-order valence-electron chi connectivity index (χ3n) is 3.66. The summed E-state index contributed by atoms with van der Waals surface area (Å²) in [5, 5.41) is 0. The molecule has 2 bridgehead atoms. The van der Waals surface area contributed by atoms with Crippen molar-refractivity contribution in [3.05, 3.63) is 41.5 Å². The number of fused-ring (bicyclic) bond motifs is 5. The molecular weight excluding hydrogens is 156 g/mol. The molecule has 1 fully saturated rings. The summed E-state index contributed by atoms with van der Waals surface area (Å²) in [7, 11) is 0. The molecule has 0 N–H and O–H groups in total. The van der Waals surface area contributed by atoms with Gasteiger partial charge in [0.05, 0.1) is 0 Å². The SMILES string of the molecule is C=Cc1ccc2c(c1)[C@H]1CC[C@H]2C1. The molecule has 0 radical (unpaired) electrons. The lowest BCUT2D eigenvalue weighted by molar-refractivity contribution is 0.717. The van der Waals surface area contributed by atoms with Crippen LogP contribution in [-0.4, -0.2) is 0 Å². The molecule has 1 aromatic carbocycles. The summed E-state index contributed by atoms with van der Waals surface area (Å²) in [5.74, 6) is 1.76. The zero-order valence-electron chi connectivity index (χ0n) is 7.79. The highest BCUT2D eigenvalue weighted by Crippen LogP contribution is 2.53. The molecule has 66 valence electrons. The number of hydrogen-bond donors (Lipinski definition) is 0. The first-order chi connectivity index (χ1) is 6.38. The maximum Gasteiger partial charge on any atom is -0.0153 e. The van der Waals surface area contributed by atoms with Gasteiger partial charge in [0.2, 0.25) is 0 Å². The van der Waals surface area contributed by atoms with Crippen LogP contribution >= 0.6 is 0 Å². The van der Waals surface area contributed by atoms with Crippen LogP contribution in [0.5, 0.6) is 0 Å². The van der Waals surface area contributed by atoms with Crippen LogP contribution in [0.4, 0.5) is 0 Å². The number of rotatable bonds is 1. The molecule has 0 amide bonds. The maximum atomic E-state index is 3.82. The standard InChI is InChI=1S/C13H14/c1-2-9-3-6-12-10-4-5-11(8-10)13(12)7-9/h2-3,6-7,10-11H,1,4-5,8H2/t10-,11-/m0/s1. The normalized spacial score (nSPS) is 28.9. The highest BCUT2D eigenvalue weighted by atomic mass is 14.4. The van der Waals surface area contributed by atoms with Crippen LogP contribution in [0, 0.1) is 0 Å². The Morgan fingerprint density at radius 2 is 1.92 bits per heavy atom. The van der Waals surface area contributed by atoms with E-state index < -0.39 is 0 Å². The fourth-order valence-corrected chi connectivity index (χ4v) is 2.99. The van der Waals surface area contributed by atoms with Crippen molar-refractivity contribution in [1.82, 2.24) is 0 Å². The van der Waals surface area contributed by atoms with Crippen LogP contribution in [0.25, 0.3) is 6.08 Å². The second-order valence-corrected chi connectivity index (χ2v) is 4.30. The highest BCUT2D eigenvalue weighted by molar-refractivity contribution is 5.53. The fraction of sp³-hybridized carbons (Fsp3) is 0.385. The Morgan fingerprint density at radius 1 is 1.15 bits per heavy atom.